The molecule has 1 aromatic heterocycles. The van der Waals surface area contributed by atoms with Crippen molar-refractivity contribution in [2.24, 2.45) is 5.92 Å². The maximum absolute atomic E-state index is 12.4. The van der Waals surface area contributed by atoms with Crippen molar-refractivity contribution in [1.82, 2.24) is 20.2 Å². The Hall–Kier alpha value is -1.40. The number of rotatable bonds is 3. The summed E-state index contributed by atoms with van der Waals surface area (Å²) < 4.78 is 0. The average Bonchev–Trinajstić information content (AvgIpc) is 3.05. The van der Waals surface area contributed by atoms with Crippen molar-refractivity contribution in [3.8, 4) is 0 Å². The summed E-state index contributed by atoms with van der Waals surface area (Å²) in [4.78, 5) is 21.7. The molecule has 6 nitrogen and oxygen atoms in total. The van der Waals surface area contributed by atoms with Crippen molar-refractivity contribution in [3.63, 3.8) is 0 Å². The normalized spacial score (nSPS) is 26.5. The number of likely N-dealkylation sites (tertiary alicyclic amines) is 1. The number of aliphatic hydroxyl groups is 1. The number of amides is 1. The van der Waals surface area contributed by atoms with Crippen LogP contribution in [0.3, 0.4) is 0 Å². The highest BCUT2D eigenvalue weighted by atomic mass is 16.3. The summed E-state index contributed by atoms with van der Waals surface area (Å²) in [6.07, 6.45) is 4.16. The Morgan fingerprint density at radius 2 is 2.47 bits per heavy atom. The summed E-state index contributed by atoms with van der Waals surface area (Å²) in [5.41, 5.74) is 2.09. The number of hydrogen-bond acceptors (Lipinski definition) is 4. The molecule has 6 heteroatoms. The van der Waals surface area contributed by atoms with Crippen LogP contribution in [-0.4, -0.2) is 51.6 Å². The zero-order chi connectivity index (χ0) is 13.2. The smallest absolute Gasteiger partial charge is 0.240 e. The molecular formula is C13H20N4O2. The molecule has 2 aliphatic rings. The molecule has 2 unspecified atom stereocenters. The van der Waals surface area contributed by atoms with Crippen molar-refractivity contribution in [1.29, 1.82) is 0 Å². The summed E-state index contributed by atoms with van der Waals surface area (Å²) in [5, 5.41) is 12.2. The van der Waals surface area contributed by atoms with Gasteiger partial charge in [-0.1, -0.05) is 0 Å². The van der Waals surface area contributed by atoms with Crippen LogP contribution in [0.4, 0.5) is 0 Å². The number of aliphatic hydroxyl groups excluding tert-OH is 1. The minimum Gasteiger partial charge on any atom is -0.396 e. The van der Waals surface area contributed by atoms with Gasteiger partial charge in [-0.15, -0.1) is 0 Å². The Kier molecular flexibility index (Phi) is 3.52. The molecule has 3 rings (SSSR count). The standard InChI is InChI=1S/C13H20N4O2/c18-4-2-9-1-3-17(7-9)13(19)11-5-10-12(6-14-11)16-8-15-10/h8-9,11,14,18H,1-7H2,(H,15,16). The van der Waals surface area contributed by atoms with Gasteiger partial charge < -0.3 is 15.0 Å². The van der Waals surface area contributed by atoms with E-state index in [4.69, 9.17) is 5.11 Å². The molecular weight excluding hydrogens is 244 g/mol. The van der Waals surface area contributed by atoms with Gasteiger partial charge in [0.25, 0.3) is 0 Å². The number of aromatic amines is 1. The van der Waals surface area contributed by atoms with Crippen LogP contribution in [0.1, 0.15) is 24.2 Å². The van der Waals surface area contributed by atoms with E-state index in [1.807, 2.05) is 4.90 Å². The molecule has 1 aromatic rings. The van der Waals surface area contributed by atoms with Crippen LogP contribution in [0, 0.1) is 5.92 Å². The maximum Gasteiger partial charge on any atom is 0.240 e. The van der Waals surface area contributed by atoms with E-state index >= 15 is 0 Å². The van der Waals surface area contributed by atoms with Crippen molar-refractivity contribution < 1.29 is 9.90 Å². The summed E-state index contributed by atoms with van der Waals surface area (Å²) >= 11 is 0. The van der Waals surface area contributed by atoms with E-state index in [1.54, 1.807) is 6.33 Å². The van der Waals surface area contributed by atoms with E-state index in [9.17, 15) is 4.79 Å². The van der Waals surface area contributed by atoms with Gasteiger partial charge in [0.05, 0.1) is 23.8 Å². The van der Waals surface area contributed by atoms with Gasteiger partial charge in [0.15, 0.2) is 0 Å². The summed E-state index contributed by atoms with van der Waals surface area (Å²) in [6.45, 7) is 2.49. The largest absolute Gasteiger partial charge is 0.396 e. The third-order valence-electron chi connectivity index (χ3n) is 4.16. The highest BCUT2D eigenvalue weighted by molar-refractivity contribution is 5.82. The Labute approximate surface area is 112 Å². The van der Waals surface area contributed by atoms with Gasteiger partial charge in [-0.05, 0) is 18.8 Å². The first-order valence-electron chi connectivity index (χ1n) is 6.92. The van der Waals surface area contributed by atoms with E-state index in [0.717, 1.165) is 37.3 Å². The second-order valence-electron chi connectivity index (χ2n) is 5.42. The van der Waals surface area contributed by atoms with Crippen LogP contribution in [-0.2, 0) is 17.8 Å². The van der Waals surface area contributed by atoms with Crippen molar-refractivity contribution in [2.45, 2.75) is 31.8 Å². The molecule has 0 spiro atoms. The lowest BCUT2D eigenvalue weighted by atomic mass is 10.0. The Morgan fingerprint density at radius 3 is 3.32 bits per heavy atom. The molecule has 2 aliphatic heterocycles. The highest BCUT2D eigenvalue weighted by Crippen LogP contribution is 2.21. The molecule has 0 bridgehead atoms. The van der Waals surface area contributed by atoms with Crippen LogP contribution >= 0.6 is 0 Å². The minimum absolute atomic E-state index is 0.149. The third kappa shape index (κ3) is 2.50. The fraction of sp³-hybridized carbons (Fsp3) is 0.692. The van der Waals surface area contributed by atoms with Gasteiger partial charge in [-0.25, -0.2) is 4.98 Å². The average molecular weight is 264 g/mol. The highest BCUT2D eigenvalue weighted by Gasteiger charge is 2.33. The monoisotopic (exact) mass is 264 g/mol. The molecule has 2 atom stereocenters. The molecule has 3 heterocycles. The fourth-order valence-corrected chi connectivity index (χ4v) is 3.02. The fourth-order valence-electron chi connectivity index (χ4n) is 3.02. The number of imidazole rings is 1. The van der Waals surface area contributed by atoms with Gasteiger partial charge in [0.2, 0.25) is 5.91 Å². The molecule has 0 aromatic carbocycles. The SMILES string of the molecule is O=C(C1Cc2nc[nH]c2CN1)N1CCC(CCO)C1. The van der Waals surface area contributed by atoms with E-state index in [-0.39, 0.29) is 18.6 Å². The molecule has 1 fully saturated rings. The second kappa shape index (κ2) is 5.30. The first-order valence-corrected chi connectivity index (χ1v) is 6.92. The van der Waals surface area contributed by atoms with E-state index in [0.29, 0.717) is 18.9 Å². The van der Waals surface area contributed by atoms with Crippen molar-refractivity contribution >= 4 is 5.91 Å². The number of carbonyl (C=O) groups is 1. The van der Waals surface area contributed by atoms with Crippen molar-refractivity contribution in [2.75, 3.05) is 19.7 Å². The summed E-state index contributed by atoms with van der Waals surface area (Å²) in [5.74, 6) is 0.632. The maximum atomic E-state index is 12.4. The Balaban J connectivity index is 1.60. The first-order chi connectivity index (χ1) is 9.28. The number of fused-ring (bicyclic) bond motifs is 1. The molecule has 19 heavy (non-hydrogen) atoms. The Bertz CT molecular complexity index is 459. The molecule has 0 saturated carbocycles. The lowest BCUT2D eigenvalue weighted by Gasteiger charge is -2.27. The molecule has 0 radical (unpaired) electrons. The number of hydrogen-bond donors (Lipinski definition) is 3. The van der Waals surface area contributed by atoms with Gasteiger partial charge in [-0.3, -0.25) is 10.1 Å². The minimum atomic E-state index is -0.149. The van der Waals surface area contributed by atoms with Crippen LogP contribution < -0.4 is 5.32 Å². The number of carbonyl (C=O) groups excluding carboxylic acids is 1. The summed E-state index contributed by atoms with van der Waals surface area (Å²) in [6, 6.07) is -0.149. The van der Waals surface area contributed by atoms with E-state index in [2.05, 4.69) is 15.3 Å². The third-order valence-corrected chi connectivity index (χ3v) is 4.16. The van der Waals surface area contributed by atoms with Crippen LogP contribution in [0.25, 0.3) is 0 Å². The van der Waals surface area contributed by atoms with Gasteiger partial charge >= 0.3 is 0 Å². The van der Waals surface area contributed by atoms with Gasteiger partial charge in [-0.2, -0.15) is 0 Å². The quantitative estimate of drug-likeness (QED) is 0.697. The van der Waals surface area contributed by atoms with Gasteiger partial charge in [0, 0.05) is 32.7 Å². The predicted molar refractivity (Wildman–Crippen MR) is 69.3 cm³/mol. The van der Waals surface area contributed by atoms with Crippen LogP contribution in [0.15, 0.2) is 6.33 Å². The molecule has 3 N–H and O–H groups in total. The first kappa shape index (κ1) is 12.6. The second-order valence-corrected chi connectivity index (χ2v) is 5.42. The van der Waals surface area contributed by atoms with E-state index < -0.39 is 0 Å². The predicted octanol–water partition coefficient (Wildman–Crippen LogP) is -0.345. The lowest BCUT2D eigenvalue weighted by Crippen LogP contribution is -2.48. The molecule has 104 valence electrons. The number of nitrogens with one attached hydrogen (secondary N) is 2. The number of aromatic nitrogens is 2. The van der Waals surface area contributed by atoms with E-state index in [1.165, 1.54) is 0 Å². The van der Waals surface area contributed by atoms with Crippen molar-refractivity contribution in [3.05, 3.63) is 17.7 Å². The van der Waals surface area contributed by atoms with Crippen LogP contribution in [0.5, 0.6) is 0 Å². The molecule has 1 saturated heterocycles. The van der Waals surface area contributed by atoms with Gasteiger partial charge in [0.1, 0.15) is 0 Å². The zero-order valence-corrected chi connectivity index (χ0v) is 10.9. The Morgan fingerprint density at radius 1 is 1.58 bits per heavy atom. The number of H-pyrrole nitrogens is 1. The lowest BCUT2D eigenvalue weighted by molar-refractivity contribution is -0.132. The number of nitrogens with zero attached hydrogens (tertiary/aromatic N) is 2. The summed E-state index contributed by atoms with van der Waals surface area (Å²) in [7, 11) is 0. The van der Waals surface area contributed by atoms with Crippen LogP contribution in [0.2, 0.25) is 0 Å². The molecule has 0 aliphatic carbocycles. The topological polar surface area (TPSA) is 81.2 Å². The molecule has 1 amide bonds. The zero-order valence-electron chi connectivity index (χ0n) is 10.9.